The molecule has 0 unspecified atom stereocenters. The summed E-state index contributed by atoms with van der Waals surface area (Å²) in [5.74, 6) is 1.00. The monoisotopic (exact) mass is 343 g/mol. The van der Waals surface area contributed by atoms with Crippen LogP contribution in [0.15, 0.2) is 57.0 Å². The number of aromatic amines is 1. The lowest BCUT2D eigenvalue weighted by atomic mass is 10.2. The van der Waals surface area contributed by atoms with E-state index in [4.69, 9.17) is 21.3 Å². The van der Waals surface area contributed by atoms with Gasteiger partial charge < -0.3 is 9.40 Å². The molecule has 0 aliphatic carbocycles. The van der Waals surface area contributed by atoms with Crippen molar-refractivity contribution in [3.05, 3.63) is 69.2 Å². The Hall–Kier alpha value is -2.49. The largest absolute Gasteiger partial charge is 0.463 e. The average Bonchev–Trinajstić information content (AvgIpc) is 3.08. The molecule has 2 heterocycles. The summed E-state index contributed by atoms with van der Waals surface area (Å²) in [4.78, 5) is 19.0. The van der Waals surface area contributed by atoms with E-state index in [1.807, 2.05) is 18.2 Å². The molecule has 0 aliphatic heterocycles. The number of halogens is 1. The number of H-pyrrole nitrogens is 1. The third-order valence-electron chi connectivity index (χ3n) is 3.05. The number of aromatic nitrogens is 2. The second-order valence-corrected chi connectivity index (χ2v) is 6.00. The van der Waals surface area contributed by atoms with Gasteiger partial charge in [-0.1, -0.05) is 35.5 Å². The Morgan fingerprint density at radius 2 is 2.09 bits per heavy atom. The smallest absolute Gasteiger partial charge is 0.270 e. The SMILES string of the molecule is N#Cc1c(-c2ccco2)nc(SCc2ccc(Cl)cc2)[nH]c1=O. The second kappa shape index (κ2) is 6.73. The standard InChI is InChI=1S/C16H10ClN3O2S/c17-11-5-3-10(4-6-11)9-23-16-19-14(13-2-1-7-22-13)12(8-18)15(21)20-16/h1-7H,9H2,(H,19,20,21). The van der Waals surface area contributed by atoms with Crippen molar-refractivity contribution in [1.82, 2.24) is 9.97 Å². The average molecular weight is 344 g/mol. The molecule has 1 N–H and O–H groups in total. The van der Waals surface area contributed by atoms with Crippen LogP contribution in [0.25, 0.3) is 11.5 Å². The minimum Gasteiger partial charge on any atom is -0.463 e. The molecule has 114 valence electrons. The van der Waals surface area contributed by atoms with Crippen LogP contribution in [-0.2, 0) is 5.75 Å². The summed E-state index contributed by atoms with van der Waals surface area (Å²) >= 11 is 7.22. The fourth-order valence-corrected chi connectivity index (χ4v) is 2.89. The van der Waals surface area contributed by atoms with Crippen molar-refractivity contribution < 1.29 is 4.42 Å². The lowest BCUT2D eigenvalue weighted by Gasteiger charge is -2.05. The molecule has 0 spiro atoms. The number of thioether (sulfide) groups is 1. The summed E-state index contributed by atoms with van der Waals surface area (Å²) in [6.07, 6.45) is 1.47. The highest BCUT2D eigenvalue weighted by molar-refractivity contribution is 7.98. The van der Waals surface area contributed by atoms with Gasteiger partial charge in [0.15, 0.2) is 10.9 Å². The molecule has 0 amide bonds. The maximum absolute atomic E-state index is 12.1. The molecule has 0 fully saturated rings. The first-order valence-corrected chi connectivity index (χ1v) is 7.99. The van der Waals surface area contributed by atoms with Crippen molar-refractivity contribution in [2.24, 2.45) is 0 Å². The van der Waals surface area contributed by atoms with Gasteiger partial charge in [-0.05, 0) is 29.8 Å². The van der Waals surface area contributed by atoms with Gasteiger partial charge in [-0.15, -0.1) is 0 Å². The van der Waals surface area contributed by atoms with Crippen molar-refractivity contribution in [1.29, 1.82) is 5.26 Å². The van der Waals surface area contributed by atoms with Gasteiger partial charge in [0.05, 0.1) is 6.26 Å². The van der Waals surface area contributed by atoms with E-state index < -0.39 is 5.56 Å². The van der Waals surface area contributed by atoms with Crippen molar-refractivity contribution >= 4 is 23.4 Å². The van der Waals surface area contributed by atoms with E-state index in [2.05, 4.69) is 9.97 Å². The second-order valence-electron chi connectivity index (χ2n) is 4.60. The van der Waals surface area contributed by atoms with E-state index in [0.29, 0.717) is 21.7 Å². The Morgan fingerprint density at radius 1 is 1.30 bits per heavy atom. The van der Waals surface area contributed by atoms with Gasteiger partial charge in [0.25, 0.3) is 5.56 Å². The normalized spacial score (nSPS) is 10.4. The Morgan fingerprint density at radius 3 is 2.74 bits per heavy atom. The molecular formula is C16H10ClN3O2S. The molecule has 23 heavy (non-hydrogen) atoms. The summed E-state index contributed by atoms with van der Waals surface area (Å²) in [6.45, 7) is 0. The first-order chi connectivity index (χ1) is 11.2. The molecular weight excluding hydrogens is 334 g/mol. The number of hydrogen-bond donors (Lipinski definition) is 1. The van der Waals surface area contributed by atoms with E-state index in [1.54, 1.807) is 24.3 Å². The van der Waals surface area contributed by atoms with Crippen LogP contribution in [0.5, 0.6) is 0 Å². The molecule has 0 saturated carbocycles. The zero-order valence-corrected chi connectivity index (χ0v) is 13.3. The highest BCUT2D eigenvalue weighted by Gasteiger charge is 2.15. The lowest BCUT2D eigenvalue weighted by molar-refractivity contribution is 0.578. The minimum absolute atomic E-state index is 0.0595. The molecule has 0 radical (unpaired) electrons. The van der Waals surface area contributed by atoms with Crippen LogP contribution in [0.4, 0.5) is 0 Å². The van der Waals surface area contributed by atoms with E-state index in [1.165, 1.54) is 18.0 Å². The molecule has 0 saturated heterocycles. The van der Waals surface area contributed by atoms with E-state index in [0.717, 1.165) is 5.56 Å². The van der Waals surface area contributed by atoms with Gasteiger partial charge in [0.2, 0.25) is 0 Å². The molecule has 0 atom stereocenters. The van der Waals surface area contributed by atoms with Crippen LogP contribution in [0, 0.1) is 11.3 Å². The zero-order valence-electron chi connectivity index (χ0n) is 11.7. The Balaban J connectivity index is 1.90. The Labute approximate surface area is 140 Å². The molecule has 7 heteroatoms. The molecule has 3 aromatic rings. The van der Waals surface area contributed by atoms with Crippen LogP contribution in [0.2, 0.25) is 5.02 Å². The summed E-state index contributed by atoms with van der Waals surface area (Å²) in [7, 11) is 0. The van der Waals surface area contributed by atoms with Crippen LogP contribution in [-0.4, -0.2) is 9.97 Å². The highest BCUT2D eigenvalue weighted by Crippen LogP contribution is 2.24. The first kappa shape index (κ1) is 15.4. The zero-order chi connectivity index (χ0) is 16.2. The van der Waals surface area contributed by atoms with Gasteiger partial charge >= 0.3 is 0 Å². The predicted molar refractivity (Wildman–Crippen MR) is 88.3 cm³/mol. The molecule has 1 aromatic carbocycles. The van der Waals surface area contributed by atoms with Crippen molar-refractivity contribution in [2.45, 2.75) is 10.9 Å². The van der Waals surface area contributed by atoms with Gasteiger partial charge in [-0.2, -0.15) is 5.26 Å². The van der Waals surface area contributed by atoms with E-state index >= 15 is 0 Å². The summed E-state index contributed by atoms with van der Waals surface area (Å²) in [6, 6.07) is 12.6. The lowest BCUT2D eigenvalue weighted by Crippen LogP contribution is -2.14. The number of benzene rings is 1. The summed E-state index contributed by atoms with van der Waals surface area (Å²) < 4.78 is 5.26. The number of furan rings is 1. The fourth-order valence-electron chi connectivity index (χ4n) is 1.95. The van der Waals surface area contributed by atoms with Gasteiger partial charge in [-0.3, -0.25) is 4.79 Å². The van der Waals surface area contributed by atoms with Crippen LogP contribution >= 0.6 is 23.4 Å². The summed E-state index contributed by atoms with van der Waals surface area (Å²) in [5, 5.41) is 10.2. The van der Waals surface area contributed by atoms with Gasteiger partial charge in [0.1, 0.15) is 17.3 Å². The predicted octanol–water partition coefficient (Wildman–Crippen LogP) is 3.85. The molecule has 0 aliphatic rings. The number of rotatable bonds is 4. The van der Waals surface area contributed by atoms with Gasteiger partial charge in [-0.25, -0.2) is 4.98 Å². The van der Waals surface area contributed by atoms with Crippen molar-refractivity contribution in [3.8, 4) is 17.5 Å². The number of hydrogen-bond acceptors (Lipinski definition) is 5. The highest BCUT2D eigenvalue weighted by atomic mass is 35.5. The van der Waals surface area contributed by atoms with Crippen molar-refractivity contribution in [2.75, 3.05) is 0 Å². The van der Waals surface area contributed by atoms with Crippen LogP contribution in [0.1, 0.15) is 11.1 Å². The van der Waals surface area contributed by atoms with Crippen molar-refractivity contribution in [3.63, 3.8) is 0 Å². The minimum atomic E-state index is -0.479. The quantitative estimate of drug-likeness (QED) is 0.574. The number of nitrogens with zero attached hydrogens (tertiary/aromatic N) is 2. The fraction of sp³-hybridized carbons (Fsp3) is 0.0625. The first-order valence-electron chi connectivity index (χ1n) is 6.63. The van der Waals surface area contributed by atoms with Crippen LogP contribution < -0.4 is 5.56 Å². The van der Waals surface area contributed by atoms with E-state index in [9.17, 15) is 4.79 Å². The molecule has 2 aromatic heterocycles. The maximum Gasteiger partial charge on any atom is 0.270 e. The van der Waals surface area contributed by atoms with E-state index in [-0.39, 0.29) is 11.3 Å². The maximum atomic E-state index is 12.1. The summed E-state index contributed by atoms with van der Waals surface area (Å²) in [5.41, 5.74) is 0.758. The third kappa shape index (κ3) is 3.47. The third-order valence-corrected chi connectivity index (χ3v) is 4.25. The Kier molecular flexibility index (Phi) is 4.51. The Bertz CT molecular complexity index is 912. The van der Waals surface area contributed by atoms with Gasteiger partial charge in [0, 0.05) is 10.8 Å². The molecule has 5 nitrogen and oxygen atoms in total. The number of nitrogens with one attached hydrogen (secondary N) is 1. The van der Waals surface area contributed by atoms with Crippen LogP contribution in [0.3, 0.4) is 0 Å². The topological polar surface area (TPSA) is 82.7 Å². The number of nitriles is 1. The molecule has 3 rings (SSSR count). The molecule has 0 bridgehead atoms.